The Balaban J connectivity index is 1.75. The number of rotatable bonds is 2. The molecule has 2 nitrogen and oxygen atoms in total. The molecule has 0 saturated heterocycles. The second-order valence-electron chi connectivity index (χ2n) is 5.28. The van der Waals surface area contributed by atoms with E-state index in [1.54, 1.807) is 0 Å². The third-order valence-electron chi connectivity index (χ3n) is 3.96. The summed E-state index contributed by atoms with van der Waals surface area (Å²) in [6.45, 7) is 0.835. The first-order valence-electron chi connectivity index (χ1n) is 7.04. The van der Waals surface area contributed by atoms with E-state index in [9.17, 15) is 4.79 Å². The highest BCUT2D eigenvalue weighted by atomic mass is 16.1. The monoisotopic (exact) mass is 272 g/mol. The zero-order chi connectivity index (χ0) is 14.2. The second-order valence-corrected chi connectivity index (χ2v) is 5.28. The van der Waals surface area contributed by atoms with Gasteiger partial charge in [-0.15, -0.1) is 0 Å². The van der Waals surface area contributed by atoms with Crippen LogP contribution in [0.25, 0.3) is 11.3 Å². The van der Waals surface area contributed by atoms with Gasteiger partial charge in [-0.05, 0) is 12.1 Å². The minimum Gasteiger partial charge on any atom is -0.288 e. The van der Waals surface area contributed by atoms with E-state index in [-0.39, 0.29) is 5.78 Å². The van der Waals surface area contributed by atoms with E-state index in [1.165, 1.54) is 16.8 Å². The fourth-order valence-corrected chi connectivity index (χ4v) is 2.90. The van der Waals surface area contributed by atoms with Crippen LogP contribution >= 0.6 is 0 Å². The Morgan fingerprint density at radius 3 is 2.43 bits per heavy atom. The maximum atomic E-state index is 12.5. The van der Waals surface area contributed by atoms with Gasteiger partial charge in [0.1, 0.15) is 0 Å². The van der Waals surface area contributed by atoms with Gasteiger partial charge in [0.05, 0.1) is 11.1 Å². The molecule has 0 amide bonds. The Morgan fingerprint density at radius 1 is 0.810 bits per heavy atom. The van der Waals surface area contributed by atoms with Crippen molar-refractivity contribution in [2.24, 2.45) is 0 Å². The average molecular weight is 272 g/mol. The third kappa shape index (κ3) is 1.96. The normalized spacial score (nSPS) is 11.8. The number of nitrogens with zero attached hydrogens (tertiary/aromatic N) is 1. The van der Waals surface area contributed by atoms with E-state index in [2.05, 4.69) is 28.8 Å². The summed E-state index contributed by atoms with van der Waals surface area (Å²) >= 11 is 0. The number of aromatic nitrogens is 1. The zero-order valence-electron chi connectivity index (χ0n) is 11.5. The number of hydrogen-bond acceptors (Lipinski definition) is 1. The molecule has 1 aliphatic rings. The van der Waals surface area contributed by atoms with Crippen LogP contribution < -0.4 is 4.57 Å². The molecule has 1 aromatic heterocycles. The van der Waals surface area contributed by atoms with Gasteiger partial charge in [0.2, 0.25) is 5.69 Å². The molecule has 4 rings (SSSR count). The van der Waals surface area contributed by atoms with Gasteiger partial charge in [0, 0.05) is 17.2 Å². The number of hydrogen-bond donors (Lipinski definition) is 0. The van der Waals surface area contributed by atoms with Gasteiger partial charge in [0.15, 0.2) is 18.5 Å². The lowest BCUT2D eigenvalue weighted by Crippen LogP contribution is -2.33. The smallest absolute Gasteiger partial charge is 0.213 e. The summed E-state index contributed by atoms with van der Waals surface area (Å²) < 4.78 is 2.15. The van der Waals surface area contributed by atoms with Gasteiger partial charge in [-0.1, -0.05) is 48.5 Å². The van der Waals surface area contributed by atoms with E-state index in [4.69, 9.17) is 0 Å². The summed E-state index contributed by atoms with van der Waals surface area (Å²) in [5.74, 6) is 0.0712. The van der Waals surface area contributed by atoms with Gasteiger partial charge in [-0.2, -0.15) is 4.57 Å². The molecule has 2 heteroatoms. The first kappa shape index (κ1) is 12.0. The van der Waals surface area contributed by atoms with E-state index in [1.807, 2.05) is 48.7 Å². The molecular weight excluding hydrogens is 258 g/mol. The summed E-state index contributed by atoms with van der Waals surface area (Å²) in [4.78, 5) is 12.5. The molecule has 3 aromatic rings. The molecule has 2 aromatic carbocycles. The number of benzene rings is 2. The van der Waals surface area contributed by atoms with Crippen molar-refractivity contribution >= 4 is 5.78 Å². The van der Waals surface area contributed by atoms with Gasteiger partial charge < -0.3 is 0 Å². The van der Waals surface area contributed by atoms with E-state index < -0.39 is 0 Å². The molecule has 100 valence electrons. The molecular formula is C19H14NO+. The first-order chi connectivity index (χ1) is 10.3. The predicted octanol–water partition coefficient (Wildman–Crippen LogP) is 3.23. The van der Waals surface area contributed by atoms with Crippen molar-refractivity contribution in [1.82, 2.24) is 0 Å². The molecule has 0 radical (unpaired) electrons. The molecule has 0 aliphatic carbocycles. The number of carbonyl (C=O) groups is 1. The molecule has 0 atom stereocenters. The minimum atomic E-state index is 0.0712. The van der Waals surface area contributed by atoms with Crippen LogP contribution in [-0.4, -0.2) is 5.78 Å². The lowest BCUT2D eigenvalue weighted by atomic mass is 10.0. The first-order valence-corrected chi connectivity index (χ1v) is 7.04. The van der Waals surface area contributed by atoms with Crippen molar-refractivity contribution in [2.45, 2.75) is 6.54 Å². The minimum absolute atomic E-state index is 0.0712. The molecule has 0 spiro atoms. The van der Waals surface area contributed by atoms with Crippen molar-refractivity contribution in [1.29, 1.82) is 0 Å². The van der Waals surface area contributed by atoms with E-state index >= 15 is 0 Å². The summed E-state index contributed by atoms with van der Waals surface area (Å²) in [6.07, 6.45) is 1.96. The molecule has 0 fully saturated rings. The van der Waals surface area contributed by atoms with Gasteiger partial charge in [-0.25, -0.2) is 0 Å². The molecule has 1 aliphatic heterocycles. The quantitative estimate of drug-likeness (QED) is 0.405. The van der Waals surface area contributed by atoms with Gasteiger partial charge in [-0.3, -0.25) is 4.79 Å². The highest BCUT2D eigenvalue weighted by Gasteiger charge is 2.26. The lowest BCUT2D eigenvalue weighted by Gasteiger charge is -2.00. The number of pyridine rings is 1. The topological polar surface area (TPSA) is 20.9 Å². The average Bonchev–Trinajstić information content (AvgIpc) is 2.92. The van der Waals surface area contributed by atoms with Crippen LogP contribution in [0.2, 0.25) is 0 Å². The van der Waals surface area contributed by atoms with Crippen LogP contribution in [0.5, 0.6) is 0 Å². The highest BCUT2D eigenvalue weighted by molar-refractivity contribution is 6.08. The maximum Gasteiger partial charge on any atom is 0.213 e. The number of fused-ring (bicyclic) bond motifs is 3. The van der Waals surface area contributed by atoms with Gasteiger partial charge >= 0.3 is 0 Å². The van der Waals surface area contributed by atoms with Crippen LogP contribution in [0.15, 0.2) is 72.9 Å². The summed E-state index contributed by atoms with van der Waals surface area (Å²) in [6, 6.07) is 21.8. The Bertz CT molecular complexity index is 837. The highest BCUT2D eigenvalue weighted by Crippen LogP contribution is 2.26. The zero-order valence-corrected chi connectivity index (χ0v) is 11.5. The SMILES string of the molecule is O=C(c1ccccc1)c1ccc2[n+](c1)Cc1ccccc1-2. The largest absolute Gasteiger partial charge is 0.288 e. The van der Waals surface area contributed by atoms with Crippen molar-refractivity contribution in [2.75, 3.05) is 0 Å². The number of ketones is 1. The van der Waals surface area contributed by atoms with E-state index in [0.717, 1.165) is 17.7 Å². The van der Waals surface area contributed by atoms with E-state index in [0.29, 0.717) is 0 Å². The van der Waals surface area contributed by atoms with Crippen molar-refractivity contribution < 1.29 is 9.36 Å². The lowest BCUT2D eigenvalue weighted by molar-refractivity contribution is -0.672. The van der Waals surface area contributed by atoms with Crippen LogP contribution in [0.4, 0.5) is 0 Å². The van der Waals surface area contributed by atoms with Crippen molar-refractivity contribution in [3.8, 4) is 11.3 Å². The molecule has 0 bridgehead atoms. The fraction of sp³-hybridized carbons (Fsp3) is 0.0526. The standard InChI is InChI=1S/C19H14NO/c21-19(14-6-2-1-3-7-14)16-10-11-18-17-9-5-4-8-15(17)12-20(18)13-16/h1-11,13H,12H2/q+1. The molecule has 0 unspecified atom stereocenters. The summed E-state index contributed by atoms with van der Waals surface area (Å²) in [5.41, 5.74) is 5.21. The third-order valence-corrected chi connectivity index (χ3v) is 3.96. The van der Waals surface area contributed by atoms with Crippen molar-refractivity contribution in [3.63, 3.8) is 0 Å². The molecule has 21 heavy (non-hydrogen) atoms. The second kappa shape index (κ2) is 4.67. The van der Waals surface area contributed by atoms with Crippen molar-refractivity contribution in [3.05, 3.63) is 89.6 Å². The van der Waals surface area contributed by atoms with Gasteiger partial charge in [0.25, 0.3) is 0 Å². The summed E-state index contributed by atoms with van der Waals surface area (Å²) in [5, 5.41) is 0. The Morgan fingerprint density at radius 2 is 1.57 bits per heavy atom. The Kier molecular flexibility index (Phi) is 2.68. The fourth-order valence-electron chi connectivity index (χ4n) is 2.90. The number of carbonyl (C=O) groups excluding carboxylic acids is 1. The molecule has 0 saturated carbocycles. The van der Waals surface area contributed by atoms with Crippen LogP contribution in [0, 0.1) is 0 Å². The van der Waals surface area contributed by atoms with Crippen LogP contribution in [-0.2, 0) is 6.54 Å². The maximum absolute atomic E-state index is 12.5. The van der Waals surface area contributed by atoms with Crippen LogP contribution in [0.1, 0.15) is 21.5 Å². The Labute approximate surface area is 123 Å². The predicted molar refractivity (Wildman–Crippen MR) is 81.0 cm³/mol. The summed E-state index contributed by atoms with van der Waals surface area (Å²) in [7, 11) is 0. The Hall–Kier alpha value is -2.74. The van der Waals surface area contributed by atoms with Crippen LogP contribution in [0.3, 0.4) is 0 Å². The molecule has 2 heterocycles. The molecule has 0 N–H and O–H groups in total.